The van der Waals surface area contributed by atoms with Crippen LogP contribution in [0.2, 0.25) is 10.3 Å². The van der Waals surface area contributed by atoms with Gasteiger partial charge in [-0.2, -0.15) is 0 Å². The van der Waals surface area contributed by atoms with E-state index in [0.29, 0.717) is 48.1 Å². The van der Waals surface area contributed by atoms with E-state index in [-0.39, 0.29) is 24.2 Å². The third kappa shape index (κ3) is 10.7. The summed E-state index contributed by atoms with van der Waals surface area (Å²) >= 11 is 11.6. The number of aromatic nitrogens is 2. The van der Waals surface area contributed by atoms with Gasteiger partial charge in [0.15, 0.2) is 11.6 Å². The Balaban J connectivity index is 0.000000339. The molecule has 2 aromatic heterocycles. The Labute approximate surface area is 232 Å². The number of ether oxygens (including phenoxy) is 3. The van der Waals surface area contributed by atoms with Crippen LogP contribution in [0.1, 0.15) is 63.4 Å². The maximum Gasteiger partial charge on any atom is 0.412 e. The number of anilines is 2. The molecule has 0 spiro atoms. The van der Waals surface area contributed by atoms with Gasteiger partial charge in [0, 0.05) is 24.0 Å². The molecule has 3 rings (SSSR count). The van der Waals surface area contributed by atoms with Crippen molar-refractivity contribution in [3.05, 3.63) is 46.0 Å². The fourth-order valence-corrected chi connectivity index (χ4v) is 3.46. The van der Waals surface area contributed by atoms with E-state index in [0.717, 1.165) is 5.56 Å². The van der Waals surface area contributed by atoms with E-state index in [1.54, 1.807) is 33.8 Å². The molecule has 11 nitrogen and oxygen atoms in total. The molecule has 212 valence electrons. The normalized spacial score (nSPS) is 13.9. The number of nitrogens with one attached hydrogen (secondary N) is 1. The summed E-state index contributed by atoms with van der Waals surface area (Å²) < 4.78 is 16.4. The Morgan fingerprint density at radius 2 is 1.63 bits per heavy atom. The summed E-state index contributed by atoms with van der Waals surface area (Å²) in [6, 6.07) is 3.13. The van der Waals surface area contributed by atoms with Crippen LogP contribution in [0, 0.1) is 0 Å². The molecule has 0 atom stereocenters. The van der Waals surface area contributed by atoms with Crippen LogP contribution >= 0.6 is 23.2 Å². The second kappa shape index (κ2) is 15.8. The van der Waals surface area contributed by atoms with Gasteiger partial charge in [0.1, 0.15) is 15.9 Å². The number of nitrogens with two attached hydrogens (primary N) is 1. The molecule has 38 heavy (non-hydrogen) atoms. The number of hydrogen-bond acceptors (Lipinski definition) is 10. The van der Waals surface area contributed by atoms with Gasteiger partial charge < -0.3 is 30.2 Å². The topological polar surface area (TPSA) is 166 Å². The summed E-state index contributed by atoms with van der Waals surface area (Å²) in [4.78, 5) is 31.2. The SMILES string of the molecule is CCC(=O)c1cc(Cl)ncc1NC(=O)OC(C)(C)C.CCC1(c2cc(Cl)ncc2N)OCCO1.OCCO. The average Bonchev–Trinajstić information content (AvgIpc) is 3.36. The van der Waals surface area contributed by atoms with E-state index in [4.69, 9.17) is 53.4 Å². The Bertz CT molecular complexity index is 1060. The van der Waals surface area contributed by atoms with Crippen molar-refractivity contribution in [3.63, 3.8) is 0 Å². The number of nitrogens with zero attached hydrogens (tertiary/aromatic N) is 2. The predicted molar refractivity (Wildman–Crippen MR) is 145 cm³/mol. The highest BCUT2D eigenvalue weighted by atomic mass is 35.5. The van der Waals surface area contributed by atoms with Gasteiger partial charge in [0.05, 0.1) is 50.2 Å². The molecule has 0 aromatic carbocycles. The molecular weight excluding hydrogens is 539 g/mol. The van der Waals surface area contributed by atoms with E-state index in [1.165, 1.54) is 18.5 Å². The Morgan fingerprint density at radius 1 is 1.08 bits per heavy atom. The summed E-state index contributed by atoms with van der Waals surface area (Å²) in [5.74, 6) is -0.869. The summed E-state index contributed by atoms with van der Waals surface area (Å²) in [7, 11) is 0. The van der Waals surface area contributed by atoms with Gasteiger partial charge in [-0.25, -0.2) is 14.8 Å². The highest BCUT2D eigenvalue weighted by molar-refractivity contribution is 6.30. The van der Waals surface area contributed by atoms with Crippen LogP contribution in [0.5, 0.6) is 0 Å². The lowest BCUT2D eigenvalue weighted by atomic mass is 10.0. The third-order valence-electron chi connectivity index (χ3n) is 4.76. The average molecular weight is 575 g/mol. The van der Waals surface area contributed by atoms with Gasteiger partial charge in [-0.1, -0.05) is 37.0 Å². The van der Waals surface area contributed by atoms with Gasteiger partial charge in [0.2, 0.25) is 0 Å². The molecule has 1 amide bonds. The molecule has 0 bridgehead atoms. The molecule has 5 N–H and O–H groups in total. The first-order valence-electron chi connectivity index (χ1n) is 11.9. The number of nitrogen functional groups attached to an aromatic ring is 1. The molecule has 1 aliphatic rings. The fourth-order valence-electron chi connectivity index (χ4n) is 3.14. The minimum atomic E-state index is -0.739. The molecule has 1 saturated heterocycles. The summed E-state index contributed by atoms with van der Waals surface area (Å²) in [6.45, 7) is 9.88. The zero-order valence-corrected chi connectivity index (χ0v) is 23.7. The van der Waals surface area contributed by atoms with Crippen molar-refractivity contribution in [2.24, 2.45) is 0 Å². The minimum Gasteiger partial charge on any atom is -0.444 e. The van der Waals surface area contributed by atoms with Crippen molar-refractivity contribution in [2.45, 2.75) is 58.8 Å². The van der Waals surface area contributed by atoms with Crippen LogP contribution in [0.25, 0.3) is 0 Å². The molecule has 2 aromatic rings. The van der Waals surface area contributed by atoms with E-state index >= 15 is 0 Å². The number of ketones is 1. The molecular formula is C25H36Cl2N4O7. The molecule has 1 aliphatic heterocycles. The number of Topliss-reactive ketones (excluding diaryl/α,β-unsaturated/α-hetero) is 1. The van der Waals surface area contributed by atoms with Crippen LogP contribution in [0.3, 0.4) is 0 Å². The zero-order valence-electron chi connectivity index (χ0n) is 22.2. The molecule has 3 heterocycles. The summed E-state index contributed by atoms with van der Waals surface area (Å²) in [5.41, 5.74) is 7.17. The van der Waals surface area contributed by atoms with Crippen LogP contribution in [-0.2, 0) is 20.0 Å². The number of aliphatic hydroxyl groups is 2. The molecule has 0 saturated carbocycles. The van der Waals surface area contributed by atoms with Crippen molar-refractivity contribution in [3.8, 4) is 0 Å². The smallest absolute Gasteiger partial charge is 0.412 e. The lowest BCUT2D eigenvalue weighted by Crippen LogP contribution is -2.27. The largest absolute Gasteiger partial charge is 0.444 e. The maximum atomic E-state index is 11.8. The van der Waals surface area contributed by atoms with Gasteiger partial charge >= 0.3 is 6.09 Å². The predicted octanol–water partition coefficient (Wildman–Crippen LogP) is 4.57. The lowest BCUT2D eigenvalue weighted by molar-refractivity contribution is -0.167. The number of aliphatic hydroxyl groups excluding tert-OH is 2. The highest BCUT2D eigenvalue weighted by Gasteiger charge is 2.38. The Hall–Kier alpha value is -2.54. The summed E-state index contributed by atoms with van der Waals surface area (Å²) in [5, 5.41) is 18.4. The second-order valence-electron chi connectivity index (χ2n) is 8.80. The number of rotatable bonds is 6. The van der Waals surface area contributed by atoms with Gasteiger partial charge in [-0.3, -0.25) is 10.1 Å². The molecule has 0 aliphatic carbocycles. The van der Waals surface area contributed by atoms with Crippen molar-refractivity contribution in [1.29, 1.82) is 0 Å². The first kappa shape index (κ1) is 33.5. The minimum absolute atomic E-state index is 0.125. The van der Waals surface area contributed by atoms with Crippen molar-refractivity contribution in [1.82, 2.24) is 9.97 Å². The van der Waals surface area contributed by atoms with E-state index in [2.05, 4.69) is 15.3 Å². The van der Waals surface area contributed by atoms with Crippen LogP contribution in [0.4, 0.5) is 16.2 Å². The Kier molecular flexibility index (Phi) is 13.9. The van der Waals surface area contributed by atoms with Gasteiger partial charge in [-0.15, -0.1) is 0 Å². The zero-order chi connectivity index (χ0) is 28.9. The van der Waals surface area contributed by atoms with E-state index < -0.39 is 17.5 Å². The number of hydrogen-bond donors (Lipinski definition) is 4. The van der Waals surface area contributed by atoms with E-state index in [9.17, 15) is 9.59 Å². The van der Waals surface area contributed by atoms with Crippen LogP contribution in [-0.4, -0.2) is 64.1 Å². The van der Waals surface area contributed by atoms with Crippen LogP contribution in [0.15, 0.2) is 24.5 Å². The standard InChI is InChI=1S/C13H17ClN2O3.C10H13ClN2O2.C2H6O2/c1-5-10(17)8-6-11(14)15-7-9(8)16-12(18)19-13(2,3)4;1-2-10(14-3-4-15-10)7-5-9(11)13-6-8(7)12;3-1-2-4/h6-7H,5H2,1-4H3,(H,16,18);5-6H,2-4,12H2,1H3;3-4H,1-2H2. The Morgan fingerprint density at radius 3 is 2.13 bits per heavy atom. The third-order valence-corrected chi connectivity index (χ3v) is 5.17. The van der Waals surface area contributed by atoms with Crippen LogP contribution < -0.4 is 11.1 Å². The molecule has 1 fully saturated rings. The number of halogens is 2. The summed E-state index contributed by atoms with van der Waals surface area (Å²) in [6.07, 6.45) is 3.23. The first-order valence-corrected chi connectivity index (χ1v) is 12.7. The molecule has 13 heteroatoms. The van der Waals surface area contributed by atoms with E-state index in [1.807, 2.05) is 6.92 Å². The lowest BCUT2D eigenvalue weighted by Gasteiger charge is -2.27. The fraction of sp³-hybridized carbons (Fsp3) is 0.520. The quantitative estimate of drug-likeness (QED) is 0.283. The maximum absolute atomic E-state index is 11.8. The highest BCUT2D eigenvalue weighted by Crippen LogP contribution is 2.38. The molecule has 0 unspecified atom stereocenters. The van der Waals surface area contributed by atoms with Gasteiger partial charge in [0.25, 0.3) is 0 Å². The number of amides is 1. The monoisotopic (exact) mass is 574 g/mol. The number of carbonyl (C=O) groups excluding carboxylic acids is 2. The first-order chi connectivity index (χ1) is 17.8. The van der Waals surface area contributed by atoms with Crippen molar-refractivity contribution < 1.29 is 34.0 Å². The van der Waals surface area contributed by atoms with Crippen molar-refractivity contribution >= 4 is 46.5 Å². The number of pyridine rings is 2. The van der Waals surface area contributed by atoms with Gasteiger partial charge in [-0.05, 0) is 32.9 Å². The number of carbonyl (C=O) groups is 2. The van der Waals surface area contributed by atoms with Crippen molar-refractivity contribution in [2.75, 3.05) is 37.5 Å². The molecule has 0 radical (unpaired) electrons. The second-order valence-corrected chi connectivity index (χ2v) is 9.58.